The average molecular weight is 343 g/mol. The van der Waals surface area contributed by atoms with Crippen molar-refractivity contribution in [1.82, 2.24) is 14.5 Å². The van der Waals surface area contributed by atoms with Gasteiger partial charge in [0.1, 0.15) is 11.6 Å². The molecule has 0 bridgehead atoms. The number of fused-ring (bicyclic) bond motifs is 1. The van der Waals surface area contributed by atoms with Crippen molar-refractivity contribution in [1.29, 1.82) is 0 Å². The molecule has 0 spiro atoms. The highest BCUT2D eigenvalue weighted by molar-refractivity contribution is 5.80. The highest BCUT2D eigenvalue weighted by Gasteiger charge is 2.14. The highest BCUT2D eigenvalue weighted by atomic mass is 16.5. The summed E-state index contributed by atoms with van der Waals surface area (Å²) >= 11 is 0. The summed E-state index contributed by atoms with van der Waals surface area (Å²) in [6.07, 6.45) is 3.41. The fourth-order valence-electron chi connectivity index (χ4n) is 2.92. The Labute approximate surface area is 150 Å². The first-order valence-corrected chi connectivity index (χ1v) is 8.43. The zero-order valence-electron chi connectivity index (χ0n) is 14.3. The Kier molecular flexibility index (Phi) is 4.19. The normalized spacial score (nSPS) is 10.8. The molecule has 5 heteroatoms. The molecule has 0 fully saturated rings. The van der Waals surface area contributed by atoms with Gasteiger partial charge < -0.3 is 4.74 Å². The zero-order chi connectivity index (χ0) is 17.9. The molecule has 5 nitrogen and oxygen atoms in total. The summed E-state index contributed by atoms with van der Waals surface area (Å²) in [5, 5.41) is 0.578. The smallest absolute Gasteiger partial charge is 0.266 e. The number of rotatable bonds is 4. The van der Waals surface area contributed by atoms with Gasteiger partial charge in [0.05, 0.1) is 23.2 Å². The first-order valence-electron chi connectivity index (χ1n) is 8.43. The molecule has 0 N–H and O–H groups in total. The lowest BCUT2D eigenvalue weighted by molar-refractivity contribution is 0.340. The van der Waals surface area contributed by atoms with Crippen molar-refractivity contribution >= 4 is 10.9 Å². The summed E-state index contributed by atoms with van der Waals surface area (Å²) in [5.74, 6) is 1.33. The molecule has 2 aromatic carbocycles. The second-order valence-corrected chi connectivity index (χ2v) is 5.76. The van der Waals surface area contributed by atoms with Gasteiger partial charge in [0.15, 0.2) is 0 Å². The van der Waals surface area contributed by atoms with Crippen molar-refractivity contribution in [2.75, 3.05) is 6.61 Å². The van der Waals surface area contributed by atoms with Crippen LogP contribution in [0.15, 0.2) is 77.9 Å². The summed E-state index contributed by atoms with van der Waals surface area (Å²) in [6.45, 7) is 2.53. The predicted molar refractivity (Wildman–Crippen MR) is 102 cm³/mol. The number of benzene rings is 2. The lowest BCUT2D eigenvalue weighted by atomic mass is 10.2. The third kappa shape index (κ3) is 2.84. The summed E-state index contributed by atoms with van der Waals surface area (Å²) in [5.41, 5.74) is 2.07. The van der Waals surface area contributed by atoms with Crippen molar-refractivity contribution < 1.29 is 4.74 Å². The molecule has 0 saturated carbocycles. The van der Waals surface area contributed by atoms with Gasteiger partial charge in [-0.05, 0) is 55.5 Å². The van der Waals surface area contributed by atoms with Crippen LogP contribution in [0, 0.1) is 0 Å². The number of aromatic nitrogens is 3. The Balaban J connectivity index is 2.00. The van der Waals surface area contributed by atoms with Crippen molar-refractivity contribution in [3.8, 4) is 22.8 Å². The maximum Gasteiger partial charge on any atom is 0.266 e. The second kappa shape index (κ2) is 6.80. The molecular weight excluding hydrogens is 326 g/mol. The van der Waals surface area contributed by atoms with Gasteiger partial charge in [-0.15, -0.1) is 0 Å². The number of nitrogens with zero attached hydrogens (tertiary/aromatic N) is 3. The molecule has 2 aromatic heterocycles. The third-order valence-electron chi connectivity index (χ3n) is 4.10. The molecule has 0 aliphatic carbocycles. The van der Waals surface area contributed by atoms with E-state index in [1.165, 1.54) is 0 Å². The molecule has 0 amide bonds. The van der Waals surface area contributed by atoms with Gasteiger partial charge in [-0.1, -0.05) is 12.1 Å². The van der Waals surface area contributed by atoms with Crippen molar-refractivity contribution in [2.24, 2.45) is 0 Å². The topological polar surface area (TPSA) is 57.0 Å². The van der Waals surface area contributed by atoms with Gasteiger partial charge in [0, 0.05) is 18.0 Å². The van der Waals surface area contributed by atoms with Crippen LogP contribution in [0.3, 0.4) is 0 Å². The number of pyridine rings is 1. The lowest BCUT2D eigenvalue weighted by Gasteiger charge is -2.14. The Morgan fingerprint density at radius 1 is 1.00 bits per heavy atom. The van der Waals surface area contributed by atoms with Crippen LogP contribution >= 0.6 is 0 Å². The minimum atomic E-state index is -0.112. The maximum absolute atomic E-state index is 13.2. The van der Waals surface area contributed by atoms with E-state index in [1.54, 1.807) is 23.0 Å². The van der Waals surface area contributed by atoms with E-state index in [0.717, 1.165) is 17.0 Å². The second-order valence-electron chi connectivity index (χ2n) is 5.76. The number of ether oxygens (including phenoxy) is 1. The highest BCUT2D eigenvalue weighted by Crippen LogP contribution is 2.22. The fourth-order valence-corrected chi connectivity index (χ4v) is 2.92. The predicted octanol–water partition coefficient (Wildman–Crippen LogP) is 3.85. The first-order chi connectivity index (χ1) is 12.8. The van der Waals surface area contributed by atoms with Crippen LogP contribution in [0.4, 0.5) is 0 Å². The Morgan fingerprint density at radius 3 is 2.54 bits per heavy atom. The van der Waals surface area contributed by atoms with Crippen LogP contribution in [-0.2, 0) is 0 Å². The van der Waals surface area contributed by atoms with E-state index in [1.807, 2.05) is 61.5 Å². The first kappa shape index (κ1) is 16.0. The fraction of sp³-hybridized carbons (Fsp3) is 0.0952. The quantitative estimate of drug-likeness (QED) is 0.565. The average Bonchev–Trinajstić information content (AvgIpc) is 2.70. The Morgan fingerprint density at radius 2 is 1.81 bits per heavy atom. The SMILES string of the molecule is CCOc1ccc(-n2c(-c3cccnc3)nc3ccccc3c2=O)cc1. The van der Waals surface area contributed by atoms with E-state index in [2.05, 4.69) is 4.98 Å². The van der Waals surface area contributed by atoms with Crippen LogP contribution < -0.4 is 10.3 Å². The molecule has 4 aromatic rings. The molecule has 128 valence electrons. The van der Waals surface area contributed by atoms with Crippen LogP contribution in [0.25, 0.3) is 28.0 Å². The van der Waals surface area contributed by atoms with Crippen molar-refractivity contribution in [3.63, 3.8) is 0 Å². The van der Waals surface area contributed by atoms with Gasteiger partial charge in [-0.3, -0.25) is 14.3 Å². The summed E-state index contributed by atoms with van der Waals surface area (Å²) in [6, 6.07) is 18.5. The molecule has 26 heavy (non-hydrogen) atoms. The zero-order valence-corrected chi connectivity index (χ0v) is 14.3. The Bertz CT molecular complexity index is 1100. The number of hydrogen-bond acceptors (Lipinski definition) is 4. The van der Waals surface area contributed by atoms with E-state index in [0.29, 0.717) is 23.3 Å². The lowest BCUT2D eigenvalue weighted by Crippen LogP contribution is -2.22. The summed E-state index contributed by atoms with van der Waals surface area (Å²) < 4.78 is 7.12. The molecule has 2 heterocycles. The van der Waals surface area contributed by atoms with Crippen LogP contribution in [-0.4, -0.2) is 21.1 Å². The summed E-state index contributed by atoms with van der Waals surface area (Å²) in [4.78, 5) is 22.1. The molecule has 0 saturated heterocycles. The van der Waals surface area contributed by atoms with Gasteiger partial charge in [-0.25, -0.2) is 4.98 Å². The minimum absolute atomic E-state index is 0.112. The Hall–Kier alpha value is -3.47. The molecule has 0 unspecified atom stereocenters. The summed E-state index contributed by atoms with van der Waals surface area (Å²) in [7, 11) is 0. The molecule has 4 rings (SSSR count). The largest absolute Gasteiger partial charge is 0.494 e. The van der Waals surface area contributed by atoms with Crippen LogP contribution in [0.5, 0.6) is 5.75 Å². The van der Waals surface area contributed by atoms with E-state index < -0.39 is 0 Å². The standard InChI is InChI=1S/C21H17N3O2/c1-2-26-17-11-9-16(10-12-17)24-20(15-6-5-13-22-14-15)23-19-8-4-3-7-18(19)21(24)25/h3-14H,2H2,1H3. The monoisotopic (exact) mass is 343 g/mol. The van der Waals surface area contributed by atoms with Gasteiger partial charge >= 0.3 is 0 Å². The third-order valence-corrected chi connectivity index (χ3v) is 4.10. The molecule has 0 radical (unpaired) electrons. The van der Waals surface area contributed by atoms with Gasteiger partial charge in [0.2, 0.25) is 0 Å². The van der Waals surface area contributed by atoms with Crippen molar-refractivity contribution in [3.05, 3.63) is 83.4 Å². The maximum atomic E-state index is 13.2. The van der Waals surface area contributed by atoms with E-state index in [4.69, 9.17) is 9.72 Å². The van der Waals surface area contributed by atoms with Gasteiger partial charge in [-0.2, -0.15) is 0 Å². The van der Waals surface area contributed by atoms with E-state index in [-0.39, 0.29) is 5.56 Å². The van der Waals surface area contributed by atoms with Crippen LogP contribution in [0.2, 0.25) is 0 Å². The van der Waals surface area contributed by atoms with E-state index >= 15 is 0 Å². The minimum Gasteiger partial charge on any atom is -0.494 e. The molecule has 0 aliphatic rings. The number of para-hydroxylation sites is 1. The molecule has 0 aliphatic heterocycles. The van der Waals surface area contributed by atoms with Crippen LogP contribution in [0.1, 0.15) is 6.92 Å². The molecule has 0 atom stereocenters. The molecular formula is C21H17N3O2. The van der Waals surface area contributed by atoms with E-state index in [9.17, 15) is 4.79 Å². The van der Waals surface area contributed by atoms with Gasteiger partial charge in [0.25, 0.3) is 5.56 Å². The number of hydrogen-bond donors (Lipinski definition) is 0. The van der Waals surface area contributed by atoms with Crippen molar-refractivity contribution in [2.45, 2.75) is 6.92 Å².